The Hall–Kier alpha value is -3.35. The zero-order chi connectivity index (χ0) is 20.6. The molecule has 1 atom stereocenters. The van der Waals surface area contributed by atoms with Gasteiger partial charge in [0.15, 0.2) is 0 Å². The van der Waals surface area contributed by atoms with Crippen molar-refractivity contribution in [3.8, 4) is 5.75 Å². The molecule has 1 saturated heterocycles. The number of carbonyl (C=O) groups excluding carboxylic acids is 3. The molecule has 29 heavy (non-hydrogen) atoms. The van der Waals surface area contributed by atoms with Gasteiger partial charge >= 0.3 is 5.97 Å². The van der Waals surface area contributed by atoms with E-state index in [1.165, 1.54) is 16.8 Å². The van der Waals surface area contributed by atoms with E-state index in [0.717, 1.165) is 5.56 Å². The number of hydrogen-bond donors (Lipinski definition) is 0. The van der Waals surface area contributed by atoms with Crippen molar-refractivity contribution in [3.63, 3.8) is 0 Å². The topological polar surface area (TPSA) is 76.1 Å². The molecule has 0 aromatic heterocycles. The minimum Gasteiger partial charge on any atom is -0.490 e. The van der Waals surface area contributed by atoms with Crippen LogP contribution in [0.3, 0.4) is 0 Å². The molecule has 0 unspecified atom stereocenters. The second-order valence-electron chi connectivity index (χ2n) is 7.23. The summed E-state index contributed by atoms with van der Waals surface area (Å²) < 4.78 is 11.1. The number of amides is 2. The number of carbonyl (C=O) groups is 3. The third kappa shape index (κ3) is 3.03. The molecule has 0 radical (unpaired) electrons. The fraction of sp³-hybridized carbons (Fsp3) is 0.318. The molecule has 4 rings (SSSR count). The van der Waals surface area contributed by atoms with Gasteiger partial charge in [0, 0.05) is 19.9 Å². The van der Waals surface area contributed by atoms with Gasteiger partial charge in [-0.2, -0.15) is 0 Å². The number of aryl methyl sites for hydroxylation is 1. The Balaban J connectivity index is 1.52. The van der Waals surface area contributed by atoms with E-state index < -0.39 is 11.6 Å². The maximum Gasteiger partial charge on any atom is 0.353 e. The van der Waals surface area contributed by atoms with Gasteiger partial charge in [-0.25, -0.2) is 4.79 Å². The zero-order valence-corrected chi connectivity index (χ0v) is 16.4. The van der Waals surface area contributed by atoms with Gasteiger partial charge in [0.1, 0.15) is 19.0 Å². The molecule has 2 heterocycles. The Kier molecular flexibility index (Phi) is 4.74. The quantitative estimate of drug-likeness (QED) is 0.575. The first kappa shape index (κ1) is 19.0. The fourth-order valence-corrected chi connectivity index (χ4v) is 4.01. The molecule has 0 spiro atoms. The third-order valence-electron chi connectivity index (χ3n) is 5.44. The van der Waals surface area contributed by atoms with E-state index in [1.807, 2.05) is 31.2 Å². The summed E-state index contributed by atoms with van der Waals surface area (Å²) in [5, 5.41) is 0. The Labute approximate surface area is 168 Å². The van der Waals surface area contributed by atoms with E-state index >= 15 is 0 Å². The number of para-hydroxylation sites is 1. The number of ether oxygens (including phenoxy) is 2. The summed E-state index contributed by atoms with van der Waals surface area (Å²) in [6.45, 7) is 2.15. The number of nitrogens with zero attached hydrogens (tertiary/aromatic N) is 2. The highest BCUT2D eigenvalue weighted by Crippen LogP contribution is 2.44. The van der Waals surface area contributed by atoms with Gasteiger partial charge in [0.2, 0.25) is 11.6 Å². The van der Waals surface area contributed by atoms with Crippen LogP contribution in [-0.4, -0.2) is 48.6 Å². The van der Waals surface area contributed by atoms with E-state index in [2.05, 4.69) is 0 Å². The van der Waals surface area contributed by atoms with Crippen LogP contribution in [0.25, 0.3) is 0 Å². The fourth-order valence-electron chi connectivity index (χ4n) is 4.01. The van der Waals surface area contributed by atoms with Crippen molar-refractivity contribution in [3.05, 3.63) is 59.7 Å². The van der Waals surface area contributed by atoms with Crippen LogP contribution >= 0.6 is 0 Å². The van der Waals surface area contributed by atoms with Crippen molar-refractivity contribution < 1.29 is 23.9 Å². The first-order chi connectivity index (χ1) is 13.9. The van der Waals surface area contributed by atoms with Crippen LogP contribution in [0.2, 0.25) is 0 Å². The third-order valence-corrected chi connectivity index (χ3v) is 5.44. The normalized spacial score (nSPS) is 20.3. The highest BCUT2D eigenvalue weighted by Gasteiger charge is 2.60. The lowest BCUT2D eigenvalue weighted by atomic mass is 9.97. The van der Waals surface area contributed by atoms with Crippen LogP contribution in [0.1, 0.15) is 28.8 Å². The number of anilines is 1. The first-order valence-corrected chi connectivity index (χ1v) is 9.52. The number of hydrogen-bond acceptors (Lipinski definition) is 5. The molecule has 7 heteroatoms. The average molecular weight is 394 g/mol. The monoisotopic (exact) mass is 394 g/mol. The molecule has 7 nitrogen and oxygen atoms in total. The molecule has 2 aromatic carbocycles. The lowest BCUT2D eigenvalue weighted by molar-refractivity contribution is -0.157. The second-order valence-corrected chi connectivity index (χ2v) is 7.23. The van der Waals surface area contributed by atoms with Gasteiger partial charge in [0.25, 0.3) is 5.91 Å². The van der Waals surface area contributed by atoms with E-state index in [9.17, 15) is 14.4 Å². The molecule has 150 valence electrons. The van der Waals surface area contributed by atoms with Gasteiger partial charge in [0.05, 0.1) is 11.3 Å². The molecule has 0 N–H and O–H groups in total. The molecule has 0 bridgehead atoms. The summed E-state index contributed by atoms with van der Waals surface area (Å²) in [5.41, 5.74) is 0.466. The van der Waals surface area contributed by atoms with Crippen LogP contribution in [0.15, 0.2) is 48.5 Å². The van der Waals surface area contributed by atoms with Crippen molar-refractivity contribution in [1.82, 2.24) is 4.90 Å². The predicted octanol–water partition coefficient (Wildman–Crippen LogP) is 2.53. The molecular formula is C22H22N2O5. The number of rotatable bonds is 5. The number of likely N-dealkylation sites (N-methyl/N-ethyl adjacent to an activating group) is 1. The molecule has 1 fully saturated rings. The minimum atomic E-state index is -1.45. The standard InChI is InChI=1S/C22H22N2O5/c1-15-6-5-7-16(14-15)28-12-13-29-21(27)22-11-10-19(25)24(22)18-9-4-3-8-17(18)20(26)23(22)2/h3-9,14H,10-13H2,1-2H3/t22-/m0/s1. The number of benzene rings is 2. The molecular weight excluding hydrogens is 372 g/mol. The second kappa shape index (κ2) is 7.24. The van der Waals surface area contributed by atoms with E-state index in [-0.39, 0.29) is 37.9 Å². The van der Waals surface area contributed by atoms with Gasteiger partial charge in [-0.3, -0.25) is 14.5 Å². The SMILES string of the molecule is Cc1cccc(OCCOC(=O)[C@]23CCC(=O)N2c2ccccc2C(=O)N3C)c1. The molecule has 0 aliphatic carbocycles. The van der Waals surface area contributed by atoms with Gasteiger partial charge in [-0.15, -0.1) is 0 Å². The maximum absolute atomic E-state index is 13.1. The maximum atomic E-state index is 13.1. The summed E-state index contributed by atoms with van der Waals surface area (Å²) in [6.07, 6.45) is 0.362. The van der Waals surface area contributed by atoms with Crippen molar-refractivity contribution in [1.29, 1.82) is 0 Å². The van der Waals surface area contributed by atoms with Crippen molar-refractivity contribution >= 4 is 23.5 Å². The van der Waals surface area contributed by atoms with Crippen molar-refractivity contribution in [2.75, 3.05) is 25.2 Å². The Bertz CT molecular complexity index is 989. The number of fused-ring (bicyclic) bond motifs is 3. The summed E-state index contributed by atoms with van der Waals surface area (Å²) in [4.78, 5) is 41.4. The van der Waals surface area contributed by atoms with Crippen LogP contribution < -0.4 is 9.64 Å². The molecule has 2 amide bonds. The highest BCUT2D eigenvalue weighted by atomic mass is 16.6. The summed E-state index contributed by atoms with van der Waals surface area (Å²) >= 11 is 0. The van der Waals surface area contributed by atoms with E-state index in [1.54, 1.807) is 24.3 Å². The molecule has 0 saturated carbocycles. The smallest absolute Gasteiger partial charge is 0.353 e. The lowest BCUT2D eigenvalue weighted by Gasteiger charge is -2.46. The largest absolute Gasteiger partial charge is 0.490 e. The first-order valence-electron chi connectivity index (χ1n) is 9.52. The summed E-state index contributed by atoms with van der Waals surface area (Å²) in [5.74, 6) is -0.443. The van der Waals surface area contributed by atoms with Gasteiger partial charge < -0.3 is 14.4 Å². The van der Waals surface area contributed by atoms with Crippen LogP contribution in [0.5, 0.6) is 5.75 Å². The van der Waals surface area contributed by atoms with Gasteiger partial charge in [-0.1, -0.05) is 24.3 Å². The van der Waals surface area contributed by atoms with Crippen LogP contribution in [-0.2, 0) is 14.3 Å². The Morgan fingerprint density at radius 2 is 1.90 bits per heavy atom. The average Bonchev–Trinajstić information content (AvgIpc) is 3.08. The van der Waals surface area contributed by atoms with E-state index in [0.29, 0.717) is 17.0 Å². The molecule has 2 aromatic rings. The summed E-state index contributed by atoms with van der Waals surface area (Å²) in [7, 11) is 1.54. The van der Waals surface area contributed by atoms with Gasteiger partial charge in [-0.05, 0) is 36.8 Å². The van der Waals surface area contributed by atoms with E-state index in [4.69, 9.17) is 9.47 Å². The lowest BCUT2D eigenvalue weighted by Crippen LogP contribution is -2.67. The molecule has 2 aliphatic heterocycles. The number of esters is 1. The zero-order valence-electron chi connectivity index (χ0n) is 16.4. The Morgan fingerprint density at radius 3 is 2.69 bits per heavy atom. The minimum absolute atomic E-state index is 0.0141. The van der Waals surface area contributed by atoms with Crippen molar-refractivity contribution in [2.45, 2.75) is 25.4 Å². The molecule has 2 aliphatic rings. The van der Waals surface area contributed by atoms with Crippen LogP contribution in [0, 0.1) is 6.92 Å². The Morgan fingerprint density at radius 1 is 1.10 bits per heavy atom. The highest BCUT2D eigenvalue weighted by molar-refractivity contribution is 6.15. The predicted molar refractivity (Wildman–Crippen MR) is 106 cm³/mol. The van der Waals surface area contributed by atoms with Crippen molar-refractivity contribution in [2.24, 2.45) is 0 Å². The summed E-state index contributed by atoms with van der Waals surface area (Å²) in [6, 6.07) is 14.4. The van der Waals surface area contributed by atoms with Crippen LogP contribution in [0.4, 0.5) is 5.69 Å².